The Labute approximate surface area is 133 Å². The molecule has 116 valence electrons. The molecule has 0 saturated heterocycles. The van der Waals surface area contributed by atoms with Crippen LogP contribution in [0.1, 0.15) is 37.8 Å². The highest BCUT2D eigenvalue weighted by molar-refractivity contribution is 5.94. The van der Waals surface area contributed by atoms with Crippen molar-refractivity contribution in [3.8, 4) is 11.8 Å². The minimum Gasteiger partial charge on any atom is -0.482 e. The molecule has 1 aromatic rings. The van der Waals surface area contributed by atoms with Crippen LogP contribution in [0.4, 0.5) is 0 Å². The van der Waals surface area contributed by atoms with Crippen LogP contribution < -0.4 is 4.74 Å². The molecule has 0 atom stereocenters. The van der Waals surface area contributed by atoms with Crippen LogP contribution in [0.25, 0.3) is 5.76 Å². The molecule has 0 aromatic heterocycles. The van der Waals surface area contributed by atoms with E-state index in [1.165, 1.54) is 6.08 Å². The van der Waals surface area contributed by atoms with E-state index in [9.17, 15) is 9.59 Å². The van der Waals surface area contributed by atoms with Gasteiger partial charge in [-0.2, -0.15) is 5.26 Å². The molecular weight excluding hydrogens is 294 g/mol. The van der Waals surface area contributed by atoms with Gasteiger partial charge in [0, 0.05) is 18.9 Å². The molecule has 23 heavy (non-hydrogen) atoms. The Morgan fingerprint density at radius 2 is 2.13 bits per heavy atom. The summed E-state index contributed by atoms with van der Waals surface area (Å²) in [6, 6.07) is 7.03. The Morgan fingerprint density at radius 3 is 2.74 bits per heavy atom. The van der Waals surface area contributed by atoms with Gasteiger partial charge in [0.05, 0.1) is 22.8 Å². The van der Waals surface area contributed by atoms with E-state index in [-0.39, 0.29) is 5.78 Å². The molecule has 1 aliphatic carbocycles. The predicted octanol–water partition coefficient (Wildman–Crippen LogP) is 2.90. The topological polar surface area (TPSA) is 76.4 Å². The summed E-state index contributed by atoms with van der Waals surface area (Å²) in [4.78, 5) is 23.0. The number of nitrogens with zero attached hydrogens (tertiary/aromatic N) is 1. The van der Waals surface area contributed by atoms with Crippen molar-refractivity contribution < 1.29 is 19.1 Å². The second-order valence-corrected chi connectivity index (χ2v) is 5.97. The zero-order valence-corrected chi connectivity index (χ0v) is 12.9. The van der Waals surface area contributed by atoms with E-state index in [4.69, 9.17) is 14.7 Å². The SMILES string of the molecule is CC1(C)Oc2ccc(C#N)cc2C(OC2=CC(=O)CC2)=C1C=O. The zero-order chi connectivity index (χ0) is 16.6. The number of aldehydes is 1. The van der Waals surface area contributed by atoms with E-state index in [1.54, 1.807) is 32.0 Å². The first kappa shape index (κ1) is 15.0. The quantitative estimate of drug-likeness (QED) is 0.802. The van der Waals surface area contributed by atoms with Gasteiger partial charge in [-0.3, -0.25) is 9.59 Å². The van der Waals surface area contributed by atoms with Crippen molar-refractivity contribution in [2.24, 2.45) is 0 Å². The summed E-state index contributed by atoms with van der Waals surface area (Å²) >= 11 is 0. The molecule has 1 aromatic carbocycles. The molecule has 0 radical (unpaired) electrons. The molecule has 0 unspecified atom stereocenters. The molecule has 0 saturated carbocycles. The number of nitriles is 1. The molecule has 0 amide bonds. The Bertz CT molecular complexity index is 809. The van der Waals surface area contributed by atoms with Crippen LogP contribution in [-0.4, -0.2) is 17.7 Å². The number of benzene rings is 1. The average molecular weight is 309 g/mol. The number of carbonyl (C=O) groups excluding carboxylic acids is 2. The zero-order valence-electron chi connectivity index (χ0n) is 12.9. The highest BCUT2D eigenvalue weighted by Gasteiger charge is 2.37. The van der Waals surface area contributed by atoms with Crippen molar-refractivity contribution in [3.63, 3.8) is 0 Å². The van der Waals surface area contributed by atoms with E-state index in [2.05, 4.69) is 6.07 Å². The normalized spacial score (nSPS) is 18.7. The summed E-state index contributed by atoms with van der Waals surface area (Å²) in [6.45, 7) is 3.55. The van der Waals surface area contributed by atoms with Gasteiger partial charge in [0.2, 0.25) is 0 Å². The van der Waals surface area contributed by atoms with E-state index in [0.29, 0.717) is 53.1 Å². The third-order valence-corrected chi connectivity index (χ3v) is 3.90. The summed E-state index contributed by atoms with van der Waals surface area (Å²) in [5, 5.41) is 9.10. The lowest BCUT2D eigenvalue weighted by molar-refractivity contribution is -0.114. The third kappa shape index (κ3) is 2.64. The lowest BCUT2D eigenvalue weighted by atomic mass is 9.91. The summed E-state index contributed by atoms with van der Waals surface area (Å²) in [7, 11) is 0. The molecule has 0 spiro atoms. The number of hydrogen-bond donors (Lipinski definition) is 0. The number of rotatable bonds is 3. The summed E-state index contributed by atoms with van der Waals surface area (Å²) in [5.41, 5.74) is 0.475. The van der Waals surface area contributed by atoms with Crippen LogP contribution >= 0.6 is 0 Å². The fourth-order valence-corrected chi connectivity index (χ4v) is 2.70. The Hall–Kier alpha value is -2.87. The van der Waals surface area contributed by atoms with E-state index in [0.717, 1.165) is 0 Å². The van der Waals surface area contributed by atoms with Gasteiger partial charge in [-0.1, -0.05) is 0 Å². The maximum Gasteiger partial charge on any atom is 0.159 e. The van der Waals surface area contributed by atoms with Gasteiger partial charge in [-0.05, 0) is 32.0 Å². The van der Waals surface area contributed by atoms with Gasteiger partial charge in [0.25, 0.3) is 0 Å². The first-order valence-electron chi connectivity index (χ1n) is 7.29. The second kappa shape index (κ2) is 5.40. The van der Waals surface area contributed by atoms with Gasteiger partial charge >= 0.3 is 0 Å². The van der Waals surface area contributed by atoms with Crippen molar-refractivity contribution in [2.75, 3.05) is 0 Å². The maximum absolute atomic E-state index is 11.6. The number of fused-ring (bicyclic) bond motifs is 1. The average Bonchev–Trinajstić information content (AvgIpc) is 2.91. The number of carbonyl (C=O) groups is 2. The van der Waals surface area contributed by atoms with Crippen molar-refractivity contribution >= 4 is 17.8 Å². The molecule has 3 rings (SSSR count). The fourth-order valence-electron chi connectivity index (χ4n) is 2.70. The van der Waals surface area contributed by atoms with E-state index in [1.807, 2.05) is 0 Å². The molecule has 0 bridgehead atoms. The first-order chi connectivity index (χ1) is 10.9. The molecule has 0 N–H and O–H groups in total. The number of ether oxygens (including phenoxy) is 2. The standard InChI is InChI=1S/C18H15NO4/c1-18(2)15(10-20)17(22-13-5-4-12(21)8-13)14-7-11(9-19)3-6-16(14)23-18/h3,6-8,10H,4-5H2,1-2H3. The highest BCUT2D eigenvalue weighted by Crippen LogP contribution is 2.42. The Morgan fingerprint density at radius 1 is 1.35 bits per heavy atom. The van der Waals surface area contributed by atoms with Gasteiger partial charge < -0.3 is 9.47 Å². The molecule has 1 aliphatic heterocycles. The van der Waals surface area contributed by atoms with E-state index >= 15 is 0 Å². The van der Waals surface area contributed by atoms with Crippen LogP contribution in [0.5, 0.6) is 5.75 Å². The lowest BCUT2D eigenvalue weighted by Crippen LogP contribution is -2.36. The van der Waals surface area contributed by atoms with Crippen LogP contribution in [0.3, 0.4) is 0 Å². The minimum atomic E-state index is -0.860. The van der Waals surface area contributed by atoms with Gasteiger partial charge in [-0.15, -0.1) is 0 Å². The molecule has 0 fully saturated rings. The van der Waals surface area contributed by atoms with Crippen LogP contribution in [0.15, 0.2) is 35.6 Å². The van der Waals surface area contributed by atoms with E-state index < -0.39 is 5.60 Å². The number of allylic oxidation sites excluding steroid dienone is 2. The van der Waals surface area contributed by atoms with Gasteiger partial charge in [-0.25, -0.2) is 0 Å². The number of ketones is 1. The Kier molecular flexibility index (Phi) is 3.53. The minimum absolute atomic E-state index is 0.00516. The lowest BCUT2D eigenvalue weighted by Gasteiger charge is -2.34. The largest absolute Gasteiger partial charge is 0.482 e. The summed E-state index contributed by atoms with van der Waals surface area (Å²) < 4.78 is 11.8. The van der Waals surface area contributed by atoms with Crippen LogP contribution in [0.2, 0.25) is 0 Å². The van der Waals surface area contributed by atoms with Crippen molar-refractivity contribution in [1.29, 1.82) is 5.26 Å². The highest BCUT2D eigenvalue weighted by atomic mass is 16.5. The first-order valence-corrected chi connectivity index (χ1v) is 7.29. The molecular formula is C18H15NO4. The van der Waals surface area contributed by atoms with Crippen molar-refractivity contribution in [3.05, 3.63) is 46.7 Å². The molecule has 5 nitrogen and oxygen atoms in total. The second-order valence-electron chi connectivity index (χ2n) is 5.97. The molecule has 5 heteroatoms. The van der Waals surface area contributed by atoms with Crippen LogP contribution in [0, 0.1) is 11.3 Å². The Balaban J connectivity index is 2.16. The number of hydrogen-bond acceptors (Lipinski definition) is 5. The maximum atomic E-state index is 11.6. The predicted molar refractivity (Wildman–Crippen MR) is 82.3 cm³/mol. The van der Waals surface area contributed by atoms with Crippen LogP contribution in [-0.2, 0) is 14.3 Å². The summed E-state index contributed by atoms with van der Waals surface area (Å²) in [6.07, 6.45) is 3.06. The third-order valence-electron chi connectivity index (χ3n) is 3.90. The smallest absolute Gasteiger partial charge is 0.159 e. The molecule has 1 heterocycles. The molecule has 2 aliphatic rings. The summed E-state index contributed by atoms with van der Waals surface area (Å²) in [5.74, 6) is 1.42. The van der Waals surface area contributed by atoms with Crippen molar-refractivity contribution in [1.82, 2.24) is 0 Å². The van der Waals surface area contributed by atoms with Gasteiger partial charge in [0.1, 0.15) is 22.9 Å². The fraction of sp³-hybridized carbons (Fsp3) is 0.278. The van der Waals surface area contributed by atoms with Gasteiger partial charge in [0.15, 0.2) is 12.1 Å². The monoisotopic (exact) mass is 309 g/mol. The van der Waals surface area contributed by atoms with Crippen molar-refractivity contribution in [2.45, 2.75) is 32.3 Å².